The van der Waals surface area contributed by atoms with E-state index < -0.39 is 0 Å². The average molecular weight is 257 g/mol. The van der Waals surface area contributed by atoms with Crippen LogP contribution in [0.4, 0.5) is 5.82 Å². The van der Waals surface area contributed by atoms with E-state index in [-0.39, 0.29) is 0 Å². The summed E-state index contributed by atoms with van der Waals surface area (Å²) in [6.07, 6.45) is 1.85. The summed E-state index contributed by atoms with van der Waals surface area (Å²) in [6, 6.07) is 3.76. The van der Waals surface area contributed by atoms with Crippen molar-refractivity contribution >= 4 is 16.9 Å². The van der Waals surface area contributed by atoms with Crippen molar-refractivity contribution in [1.29, 1.82) is 0 Å². The molecule has 0 spiro atoms. The van der Waals surface area contributed by atoms with Crippen LogP contribution in [0.3, 0.4) is 0 Å². The third kappa shape index (κ3) is 1.83. The third-order valence-corrected chi connectivity index (χ3v) is 2.97. The monoisotopic (exact) mass is 257 g/mol. The predicted molar refractivity (Wildman–Crippen MR) is 72.0 cm³/mol. The lowest BCUT2D eigenvalue weighted by Crippen LogP contribution is -2.03. The highest BCUT2D eigenvalue weighted by atomic mass is 15.4. The van der Waals surface area contributed by atoms with Crippen LogP contribution < -0.4 is 5.73 Å². The Morgan fingerprint density at radius 3 is 2.84 bits per heavy atom. The Morgan fingerprint density at radius 2 is 2.16 bits per heavy atom. The minimum Gasteiger partial charge on any atom is -0.383 e. The second-order valence-electron chi connectivity index (χ2n) is 4.48. The minimum absolute atomic E-state index is 0.546. The van der Waals surface area contributed by atoms with Crippen LogP contribution in [0.15, 0.2) is 12.1 Å². The lowest BCUT2D eigenvalue weighted by Gasteiger charge is -1.99. The second-order valence-corrected chi connectivity index (χ2v) is 4.48. The van der Waals surface area contributed by atoms with Gasteiger partial charge in [-0.15, -0.1) is 5.10 Å². The molecule has 0 atom stereocenters. The first-order chi connectivity index (χ1) is 9.20. The molecule has 0 aromatic carbocycles. The molecule has 19 heavy (non-hydrogen) atoms. The number of rotatable bonds is 3. The zero-order chi connectivity index (χ0) is 13.4. The Hall–Kier alpha value is -2.44. The van der Waals surface area contributed by atoms with Gasteiger partial charge in [0.1, 0.15) is 5.82 Å². The van der Waals surface area contributed by atoms with E-state index in [0.717, 1.165) is 29.6 Å². The first kappa shape index (κ1) is 11.6. The molecular formula is C12H15N7. The summed E-state index contributed by atoms with van der Waals surface area (Å²) in [5.74, 6) is 1.19. The van der Waals surface area contributed by atoms with E-state index in [1.807, 2.05) is 19.1 Å². The molecule has 0 aliphatic carbocycles. The van der Waals surface area contributed by atoms with E-state index in [4.69, 9.17) is 5.73 Å². The molecule has 98 valence electrons. The van der Waals surface area contributed by atoms with Crippen LogP contribution in [0, 0.1) is 6.92 Å². The van der Waals surface area contributed by atoms with Gasteiger partial charge in [-0.1, -0.05) is 13.3 Å². The summed E-state index contributed by atoms with van der Waals surface area (Å²) in [5.41, 5.74) is 8.41. The molecule has 7 nitrogen and oxygen atoms in total. The van der Waals surface area contributed by atoms with Crippen molar-refractivity contribution in [3.8, 4) is 5.82 Å². The molecule has 0 bridgehead atoms. The fourth-order valence-electron chi connectivity index (χ4n) is 2.08. The van der Waals surface area contributed by atoms with E-state index in [9.17, 15) is 0 Å². The highest BCUT2D eigenvalue weighted by molar-refractivity contribution is 5.89. The van der Waals surface area contributed by atoms with Gasteiger partial charge >= 0.3 is 0 Å². The number of aromatic amines is 1. The first-order valence-corrected chi connectivity index (χ1v) is 6.23. The van der Waals surface area contributed by atoms with Crippen molar-refractivity contribution in [2.24, 2.45) is 0 Å². The number of hydrogen-bond donors (Lipinski definition) is 2. The van der Waals surface area contributed by atoms with E-state index in [0.29, 0.717) is 17.3 Å². The Balaban J connectivity index is 2.21. The first-order valence-electron chi connectivity index (χ1n) is 6.23. The molecule has 3 N–H and O–H groups in total. The maximum absolute atomic E-state index is 5.92. The fourth-order valence-corrected chi connectivity index (χ4v) is 2.08. The predicted octanol–water partition coefficient (Wildman–Crippen LogP) is 1.38. The topological polar surface area (TPSA) is 98.3 Å². The molecule has 3 heterocycles. The van der Waals surface area contributed by atoms with Crippen molar-refractivity contribution in [3.63, 3.8) is 0 Å². The van der Waals surface area contributed by atoms with Gasteiger partial charge in [0.25, 0.3) is 0 Å². The minimum atomic E-state index is 0.546. The van der Waals surface area contributed by atoms with Gasteiger partial charge in [0.05, 0.1) is 16.8 Å². The summed E-state index contributed by atoms with van der Waals surface area (Å²) in [5, 5.41) is 20.6. The molecule has 0 fully saturated rings. The maximum Gasteiger partial charge on any atom is 0.188 e. The number of nitrogens with zero attached hydrogens (tertiary/aromatic N) is 5. The molecule has 0 aliphatic heterocycles. The molecule has 3 aromatic heterocycles. The molecule has 7 heteroatoms. The second kappa shape index (κ2) is 4.34. The molecule has 0 saturated carbocycles. The van der Waals surface area contributed by atoms with E-state index >= 15 is 0 Å². The lowest BCUT2D eigenvalue weighted by molar-refractivity contribution is 0.774. The number of nitrogens with two attached hydrogens (primary N) is 1. The summed E-state index contributed by atoms with van der Waals surface area (Å²) in [6.45, 7) is 4.00. The third-order valence-electron chi connectivity index (χ3n) is 2.97. The number of nitrogen functional groups attached to an aromatic ring is 1. The molecule has 3 aromatic rings. The molecule has 0 saturated heterocycles. The summed E-state index contributed by atoms with van der Waals surface area (Å²) in [4.78, 5) is 0. The van der Waals surface area contributed by atoms with Gasteiger partial charge in [-0.05, 0) is 25.5 Å². The van der Waals surface area contributed by atoms with Crippen molar-refractivity contribution in [1.82, 2.24) is 30.2 Å². The molecule has 3 rings (SSSR count). The standard InChI is InChI=1S/C12H15N7/c1-3-4-8-10-11(13)16-17-12(10)19(18-8)9-6-5-7(2)14-15-9/h5-6H,3-4H2,1-2H3,(H3,13,16,17). The zero-order valence-electron chi connectivity index (χ0n) is 10.9. The lowest BCUT2D eigenvalue weighted by atomic mass is 10.2. The van der Waals surface area contributed by atoms with Gasteiger partial charge in [-0.25, -0.2) is 0 Å². The van der Waals surface area contributed by atoms with Gasteiger partial charge in [0.2, 0.25) is 0 Å². The van der Waals surface area contributed by atoms with Crippen LogP contribution in [0.5, 0.6) is 0 Å². The van der Waals surface area contributed by atoms with Gasteiger partial charge in [-0.2, -0.15) is 20.0 Å². The zero-order valence-corrected chi connectivity index (χ0v) is 10.9. The number of hydrogen-bond acceptors (Lipinski definition) is 5. The fraction of sp³-hybridized carbons (Fsp3) is 0.333. The van der Waals surface area contributed by atoms with Crippen molar-refractivity contribution in [3.05, 3.63) is 23.5 Å². The Morgan fingerprint density at radius 1 is 1.32 bits per heavy atom. The smallest absolute Gasteiger partial charge is 0.188 e. The number of aryl methyl sites for hydroxylation is 2. The molecule has 0 aliphatic rings. The number of anilines is 1. The molecule has 0 amide bonds. The van der Waals surface area contributed by atoms with Crippen LogP contribution in [0.25, 0.3) is 16.9 Å². The number of fused-ring (bicyclic) bond motifs is 1. The van der Waals surface area contributed by atoms with E-state index in [1.54, 1.807) is 4.68 Å². The van der Waals surface area contributed by atoms with Crippen molar-refractivity contribution in [2.45, 2.75) is 26.7 Å². The quantitative estimate of drug-likeness (QED) is 0.738. The average Bonchev–Trinajstić information content (AvgIpc) is 2.94. The number of H-pyrrole nitrogens is 1. The van der Waals surface area contributed by atoms with Crippen molar-refractivity contribution < 1.29 is 0 Å². The van der Waals surface area contributed by atoms with E-state index in [2.05, 4.69) is 32.4 Å². The summed E-state index contributed by atoms with van der Waals surface area (Å²) >= 11 is 0. The van der Waals surface area contributed by atoms with Crippen molar-refractivity contribution in [2.75, 3.05) is 5.73 Å². The largest absolute Gasteiger partial charge is 0.383 e. The number of aromatic nitrogens is 6. The Bertz CT molecular complexity index is 708. The highest BCUT2D eigenvalue weighted by Crippen LogP contribution is 2.24. The normalized spacial score (nSPS) is 11.3. The summed E-state index contributed by atoms with van der Waals surface area (Å²) < 4.78 is 1.68. The SMILES string of the molecule is CCCc1nn(-c2ccc(C)nn2)c2n[nH]c(N)c12. The highest BCUT2D eigenvalue weighted by Gasteiger charge is 2.17. The summed E-state index contributed by atoms with van der Waals surface area (Å²) in [7, 11) is 0. The van der Waals surface area contributed by atoms with Gasteiger partial charge < -0.3 is 5.73 Å². The van der Waals surface area contributed by atoms with E-state index in [1.165, 1.54) is 0 Å². The molecule has 0 radical (unpaired) electrons. The van der Waals surface area contributed by atoms with Crippen LogP contribution in [0.2, 0.25) is 0 Å². The van der Waals surface area contributed by atoms with Crippen LogP contribution >= 0.6 is 0 Å². The Labute approximate surface area is 109 Å². The Kier molecular flexibility index (Phi) is 2.66. The van der Waals surface area contributed by atoms with Gasteiger partial charge in [-0.3, -0.25) is 5.10 Å². The van der Waals surface area contributed by atoms with Crippen LogP contribution in [-0.4, -0.2) is 30.2 Å². The van der Waals surface area contributed by atoms with Crippen LogP contribution in [-0.2, 0) is 6.42 Å². The molecular weight excluding hydrogens is 242 g/mol. The number of nitrogens with one attached hydrogen (secondary N) is 1. The van der Waals surface area contributed by atoms with Gasteiger partial charge in [0, 0.05) is 0 Å². The van der Waals surface area contributed by atoms with Gasteiger partial charge in [0.15, 0.2) is 11.5 Å². The molecule has 0 unspecified atom stereocenters. The maximum atomic E-state index is 5.92. The van der Waals surface area contributed by atoms with Crippen LogP contribution in [0.1, 0.15) is 24.7 Å².